The molecule has 132 valence electrons. The maximum atomic E-state index is 12.0. The molecule has 0 fully saturated rings. The topological polar surface area (TPSA) is 95.3 Å². The van der Waals surface area contributed by atoms with E-state index in [2.05, 4.69) is 11.1 Å². The largest absolute Gasteiger partial charge is 0.508 e. The SMILES string of the molecule is CCC[C@]1(CC(=O)OC)OCCc2c1[nH]c1c(C)c(O)cc(C#N)c21. The fourth-order valence-electron chi connectivity index (χ4n) is 3.84. The Bertz CT molecular complexity index is 878. The van der Waals surface area contributed by atoms with Gasteiger partial charge in [-0.1, -0.05) is 13.3 Å². The van der Waals surface area contributed by atoms with Crippen LogP contribution in [-0.2, 0) is 26.3 Å². The Labute approximate surface area is 146 Å². The molecule has 0 radical (unpaired) electrons. The van der Waals surface area contributed by atoms with E-state index < -0.39 is 5.60 Å². The number of rotatable bonds is 4. The second kappa shape index (κ2) is 6.41. The Balaban J connectivity index is 2.30. The first kappa shape index (κ1) is 17.3. The van der Waals surface area contributed by atoms with Crippen molar-refractivity contribution in [3.05, 3.63) is 28.5 Å². The monoisotopic (exact) mass is 342 g/mol. The molecule has 0 saturated carbocycles. The fraction of sp³-hybridized carbons (Fsp3) is 0.474. The third kappa shape index (κ3) is 2.65. The van der Waals surface area contributed by atoms with E-state index in [9.17, 15) is 15.2 Å². The Hall–Kier alpha value is -2.52. The number of aromatic hydroxyl groups is 1. The number of phenols is 1. The van der Waals surface area contributed by atoms with Crippen LogP contribution in [-0.4, -0.2) is 29.8 Å². The number of hydrogen-bond acceptors (Lipinski definition) is 5. The van der Waals surface area contributed by atoms with Gasteiger partial charge < -0.3 is 19.6 Å². The highest BCUT2D eigenvalue weighted by molar-refractivity contribution is 5.94. The molecule has 1 aliphatic rings. The summed E-state index contributed by atoms with van der Waals surface area (Å²) in [6, 6.07) is 3.68. The molecule has 0 bridgehead atoms. The third-order valence-electron chi connectivity index (χ3n) is 5.03. The van der Waals surface area contributed by atoms with E-state index in [1.165, 1.54) is 13.2 Å². The van der Waals surface area contributed by atoms with Crippen LogP contribution in [0.3, 0.4) is 0 Å². The number of nitriles is 1. The lowest BCUT2D eigenvalue weighted by atomic mass is 9.84. The summed E-state index contributed by atoms with van der Waals surface area (Å²) in [4.78, 5) is 15.4. The number of fused-ring (bicyclic) bond motifs is 3. The molecule has 0 saturated heterocycles. The fourth-order valence-corrected chi connectivity index (χ4v) is 3.84. The molecule has 2 N–H and O–H groups in total. The molecule has 0 unspecified atom stereocenters. The number of ether oxygens (including phenoxy) is 2. The lowest BCUT2D eigenvalue weighted by molar-refractivity contribution is -0.152. The molecular formula is C19H22N2O4. The van der Waals surface area contributed by atoms with Crippen molar-refractivity contribution < 1.29 is 19.4 Å². The van der Waals surface area contributed by atoms with Gasteiger partial charge in [0.25, 0.3) is 0 Å². The van der Waals surface area contributed by atoms with Crippen LogP contribution >= 0.6 is 0 Å². The first-order valence-corrected chi connectivity index (χ1v) is 8.46. The van der Waals surface area contributed by atoms with Gasteiger partial charge in [-0.15, -0.1) is 0 Å². The van der Waals surface area contributed by atoms with Crippen molar-refractivity contribution in [1.82, 2.24) is 4.98 Å². The van der Waals surface area contributed by atoms with Crippen molar-refractivity contribution in [1.29, 1.82) is 5.26 Å². The number of benzene rings is 1. The van der Waals surface area contributed by atoms with Gasteiger partial charge in [-0.25, -0.2) is 0 Å². The van der Waals surface area contributed by atoms with E-state index in [4.69, 9.17) is 9.47 Å². The standard InChI is InChI=1S/C19H22N2O4/c1-4-6-19(9-15(23)24-3)18-13(5-7-25-19)16-12(10-20)8-14(22)11(2)17(16)21-18/h8,21-22H,4-7,9H2,1-3H3/t19-/m1/s1. The van der Waals surface area contributed by atoms with Gasteiger partial charge in [-0.3, -0.25) is 4.79 Å². The number of aromatic nitrogens is 1. The predicted molar refractivity (Wildman–Crippen MR) is 92.3 cm³/mol. The Morgan fingerprint density at radius 1 is 1.56 bits per heavy atom. The van der Waals surface area contributed by atoms with Gasteiger partial charge in [-0.05, 0) is 31.4 Å². The van der Waals surface area contributed by atoms with Gasteiger partial charge in [0.2, 0.25) is 0 Å². The number of phenolic OH excluding ortho intramolecular Hbond substituents is 1. The lowest BCUT2D eigenvalue weighted by Gasteiger charge is -2.36. The molecule has 0 amide bonds. The Kier molecular flexibility index (Phi) is 4.44. The zero-order valence-corrected chi connectivity index (χ0v) is 14.7. The number of H-pyrrole nitrogens is 1. The smallest absolute Gasteiger partial charge is 0.308 e. The zero-order valence-electron chi connectivity index (χ0n) is 14.7. The van der Waals surface area contributed by atoms with Crippen molar-refractivity contribution in [2.45, 2.75) is 45.1 Å². The highest BCUT2D eigenvalue weighted by Crippen LogP contribution is 2.44. The molecule has 1 aliphatic heterocycles. The van der Waals surface area contributed by atoms with E-state index in [0.29, 0.717) is 30.6 Å². The molecule has 1 aromatic heterocycles. The minimum atomic E-state index is -0.788. The first-order valence-electron chi connectivity index (χ1n) is 8.46. The van der Waals surface area contributed by atoms with Crippen molar-refractivity contribution in [3.63, 3.8) is 0 Å². The molecule has 0 aliphatic carbocycles. The number of aryl methyl sites for hydroxylation is 1. The number of carbonyl (C=O) groups is 1. The van der Waals surface area contributed by atoms with Gasteiger partial charge in [-0.2, -0.15) is 5.26 Å². The molecule has 0 spiro atoms. The van der Waals surface area contributed by atoms with Crippen LogP contribution in [0.4, 0.5) is 0 Å². The molecule has 2 aromatic rings. The quantitative estimate of drug-likeness (QED) is 0.832. The second-order valence-corrected chi connectivity index (χ2v) is 6.50. The predicted octanol–water partition coefficient (Wildman–Crippen LogP) is 3.18. The number of carbonyl (C=O) groups excluding carboxylic acids is 1. The number of hydrogen-bond donors (Lipinski definition) is 2. The summed E-state index contributed by atoms with van der Waals surface area (Å²) in [5, 5.41) is 20.5. The minimum absolute atomic E-state index is 0.0811. The summed E-state index contributed by atoms with van der Waals surface area (Å²) >= 11 is 0. The zero-order chi connectivity index (χ0) is 18.2. The lowest BCUT2D eigenvalue weighted by Crippen LogP contribution is -2.38. The van der Waals surface area contributed by atoms with Gasteiger partial charge in [0, 0.05) is 10.9 Å². The van der Waals surface area contributed by atoms with Crippen LogP contribution in [0.15, 0.2) is 6.07 Å². The third-order valence-corrected chi connectivity index (χ3v) is 5.03. The summed E-state index contributed by atoms with van der Waals surface area (Å²) in [6.45, 7) is 4.32. The number of nitrogens with zero attached hydrogens (tertiary/aromatic N) is 1. The molecule has 3 rings (SSSR count). The average molecular weight is 342 g/mol. The van der Waals surface area contributed by atoms with Crippen LogP contribution in [0, 0.1) is 18.3 Å². The Morgan fingerprint density at radius 3 is 2.96 bits per heavy atom. The van der Waals surface area contributed by atoms with Crippen molar-refractivity contribution in [2.24, 2.45) is 0 Å². The highest BCUT2D eigenvalue weighted by atomic mass is 16.5. The molecule has 1 atom stereocenters. The number of methoxy groups -OCH3 is 1. The van der Waals surface area contributed by atoms with Crippen LogP contribution in [0.5, 0.6) is 5.75 Å². The number of aromatic amines is 1. The molecule has 25 heavy (non-hydrogen) atoms. The molecule has 6 heteroatoms. The van der Waals surface area contributed by atoms with Gasteiger partial charge >= 0.3 is 5.97 Å². The van der Waals surface area contributed by atoms with Crippen molar-refractivity contribution in [3.8, 4) is 11.8 Å². The summed E-state index contributed by atoms with van der Waals surface area (Å²) < 4.78 is 11.0. The van der Waals surface area contributed by atoms with E-state index in [0.717, 1.165) is 28.6 Å². The van der Waals surface area contributed by atoms with Crippen LogP contribution in [0.1, 0.15) is 48.6 Å². The van der Waals surface area contributed by atoms with Crippen LogP contribution in [0.25, 0.3) is 10.9 Å². The first-order chi connectivity index (χ1) is 12.0. The molecule has 1 aromatic carbocycles. The van der Waals surface area contributed by atoms with E-state index in [1.807, 2.05) is 13.8 Å². The normalized spacial score (nSPS) is 19.4. The molecular weight excluding hydrogens is 320 g/mol. The summed E-state index contributed by atoms with van der Waals surface area (Å²) in [7, 11) is 1.37. The molecule has 2 heterocycles. The van der Waals surface area contributed by atoms with Gasteiger partial charge in [0.05, 0.1) is 43.0 Å². The maximum Gasteiger partial charge on any atom is 0.308 e. The van der Waals surface area contributed by atoms with Crippen molar-refractivity contribution in [2.75, 3.05) is 13.7 Å². The van der Waals surface area contributed by atoms with Crippen molar-refractivity contribution >= 4 is 16.9 Å². The minimum Gasteiger partial charge on any atom is -0.508 e. The number of nitrogens with one attached hydrogen (secondary N) is 1. The highest BCUT2D eigenvalue weighted by Gasteiger charge is 2.42. The second-order valence-electron chi connectivity index (χ2n) is 6.50. The maximum absolute atomic E-state index is 12.0. The molecule has 6 nitrogen and oxygen atoms in total. The number of esters is 1. The average Bonchev–Trinajstić information content (AvgIpc) is 3.00. The summed E-state index contributed by atoms with van der Waals surface area (Å²) in [5.41, 5.74) is 2.89. The summed E-state index contributed by atoms with van der Waals surface area (Å²) in [6.07, 6.45) is 2.26. The van der Waals surface area contributed by atoms with E-state index in [-0.39, 0.29) is 18.1 Å². The van der Waals surface area contributed by atoms with E-state index >= 15 is 0 Å². The van der Waals surface area contributed by atoms with Gasteiger partial charge in [0.15, 0.2) is 0 Å². The van der Waals surface area contributed by atoms with E-state index in [1.54, 1.807) is 0 Å². The van der Waals surface area contributed by atoms with Gasteiger partial charge in [0.1, 0.15) is 11.4 Å². The summed E-state index contributed by atoms with van der Waals surface area (Å²) in [5.74, 6) is -0.252. The van der Waals surface area contributed by atoms with Crippen LogP contribution in [0.2, 0.25) is 0 Å². The van der Waals surface area contributed by atoms with Crippen LogP contribution < -0.4 is 0 Å². The Morgan fingerprint density at radius 2 is 2.32 bits per heavy atom.